The molecule has 2 heterocycles. The molecule has 0 bridgehead atoms. The summed E-state index contributed by atoms with van der Waals surface area (Å²) in [5, 5.41) is 4.56. The second-order valence-corrected chi connectivity index (χ2v) is 7.45. The highest BCUT2D eigenvalue weighted by atomic mass is 35.5. The van der Waals surface area contributed by atoms with Crippen molar-refractivity contribution in [3.63, 3.8) is 0 Å². The third-order valence-corrected chi connectivity index (χ3v) is 5.57. The standard InChI is InChI=1S/C20H26N4O.ClH/c1-14(21)15-9-11-23(12-10-15)20(25)18-13-22-24(19(18)16-7-8-16)17-5-3-2-4-6-17;/h2-6,13-16H,7-12,21H2,1H3;1H. The zero-order valence-electron chi connectivity index (χ0n) is 15.2. The number of hydrogen-bond donors (Lipinski definition) is 1. The Hall–Kier alpha value is -1.85. The summed E-state index contributed by atoms with van der Waals surface area (Å²) in [5.74, 6) is 1.12. The molecule has 6 heteroatoms. The molecule has 1 aliphatic carbocycles. The van der Waals surface area contributed by atoms with E-state index in [1.165, 1.54) is 0 Å². The average Bonchev–Trinajstić information content (AvgIpc) is 3.40. The maximum absolute atomic E-state index is 13.1. The molecule has 1 aromatic carbocycles. The van der Waals surface area contributed by atoms with Crippen LogP contribution in [0.5, 0.6) is 0 Å². The summed E-state index contributed by atoms with van der Waals surface area (Å²) in [4.78, 5) is 15.1. The fourth-order valence-electron chi connectivity index (χ4n) is 3.85. The van der Waals surface area contributed by atoms with Crippen molar-refractivity contribution in [2.75, 3.05) is 13.1 Å². The number of amides is 1. The van der Waals surface area contributed by atoms with E-state index in [0.29, 0.717) is 11.8 Å². The first-order chi connectivity index (χ1) is 12.1. The normalized spacial score (nSPS) is 19.1. The Morgan fingerprint density at radius 2 is 1.81 bits per heavy atom. The van der Waals surface area contributed by atoms with E-state index in [1.54, 1.807) is 6.20 Å². The van der Waals surface area contributed by atoms with E-state index < -0.39 is 0 Å². The Labute approximate surface area is 161 Å². The minimum Gasteiger partial charge on any atom is -0.339 e. The van der Waals surface area contributed by atoms with E-state index in [4.69, 9.17) is 5.73 Å². The molecule has 26 heavy (non-hydrogen) atoms. The summed E-state index contributed by atoms with van der Waals surface area (Å²) in [5.41, 5.74) is 8.92. The Balaban J connectivity index is 0.00000196. The van der Waals surface area contributed by atoms with E-state index >= 15 is 0 Å². The smallest absolute Gasteiger partial charge is 0.257 e. The maximum Gasteiger partial charge on any atom is 0.257 e. The summed E-state index contributed by atoms with van der Waals surface area (Å²) in [6.07, 6.45) is 6.04. The Morgan fingerprint density at radius 1 is 1.15 bits per heavy atom. The van der Waals surface area contributed by atoms with Gasteiger partial charge in [-0.3, -0.25) is 4.79 Å². The van der Waals surface area contributed by atoms with Crippen molar-refractivity contribution in [1.82, 2.24) is 14.7 Å². The van der Waals surface area contributed by atoms with Gasteiger partial charge in [-0.1, -0.05) is 18.2 Å². The molecule has 2 aliphatic rings. The SMILES string of the molecule is CC(N)C1CCN(C(=O)c2cnn(-c3ccccc3)c2C2CC2)CC1.Cl. The Morgan fingerprint density at radius 3 is 2.38 bits per heavy atom. The molecular formula is C20H27ClN4O. The van der Waals surface area contributed by atoms with Gasteiger partial charge in [-0.25, -0.2) is 4.68 Å². The molecule has 4 rings (SSSR count). The number of nitrogens with two attached hydrogens (primary N) is 1. The number of likely N-dealkylation sites (tertiary alicyclic amines) is 1. The van der Waals surface area contributed by atoms with Crippen LogP contribution in [0, 0.1) is 5.92 Å². The third kappa shape index (κ3) is 3.64. The number of para-hydroxylation sites is 1. The van der Waals surface area contributed by atoms with Gasteiger partial charge in [0.1, 0.15) is 0 Å². The van der Waals surface area contributed by atoms with Crippen molar-refractivity contribution >= 4 is 18.3 Å². The van der Waals surface area contributed by atoms with Gasteiger partial charge in [0, 0.05) is 25.0 Å². The minimum absolute atomic E-state index is 0. The monoisotopic (exact) mass is 374 g/mol. The summed E-state index contributed by atoms with van der Waals surface area (Å²) in [7, 11) is 0. The van der Waals surface area contributed by atoms with Crippen LogP contribution in [-0.2, 0) is 0 Å². The van der Waals surface area contributed by atoms with Crippen LogP contribution < -0.4 is 5.73 Å². The molecule has 1 atom stereocenters. The van der Waals surface area contributed by atoms with E-state index in [9.17, 15) is 4.79 Å². The molecule has 1 amide bonds. The van der Waals surface area contributed by atoms with Crippen molar-refractivity contribution in [3.05, 3.63) is 47.8 Å². The summed E-state index contributed by atoms with van der Waals surface area (Å²) < 4.78 is 1.96. The van der Waals surface area contributed by atoms with E-state index in [-0.39, 0.29) is 24.4 Å². The van der Waals surface area contributed by atoms with Gasteiger partial charge in [0.15, 0.2) is 0 Å². The lowest BCUT2D eigenvalue weighted by Crippen LogP contribution is -2.42. The lowest BCUT2D eigenvalue weighted by Gasteiger charge is -2.33. The summed E-state index contributed by atoms with van der Waals surface area (Å²) in [6, 6.07) is 10.3. The van der Waals surface area contributed by atoms with Crippen molar-refractivity contribution < 1.29 is 4.79 Å². The van der Waals surface area contributed by atoms with Crippen LogP contribution >= 0.6 is 12.4 Å². The van der Waals surface area contributed by atoms with Crippen LogP contribution in [0.15, 0.2) is 36.5 Å². The fourth-order valence-corrected chi connectivity index (χ4v) is 3.85. The van der Waals surface area contributed by atoms with Gasteiger partial charge in [0.05, 0.1) is 23.1 Å². The number of aromatic nitrogens is 2. The molecule has 1 unspecified atom stereocenters. The predicted octanol–water partition coefficient (Wildman–Crippen LogP) is 3.37. The summed E-state index contributed by atoms with van der Waals surface area (Å²) in [6.45, 7) is 3.66. The molecular weight excluding hydrogens is 348 g/mol. The second-order valence-electron chi connectivity index (χ2n) is 7.45. The van der Waals surface area contributed by atoms with Crippen molar-refractivity contribution in [2.45, 2.75) is 44.6 Å². The first-order valence-electron chi connectivity index (χ1n) is 9.33. The second kappa shape index (κ2) is 7.80. The molecule has 1 saturated heterocycles. The number of carbonyl (C=O) groups is 1. The maximum atomic E-state index is 13.1. The van der Waals surface area contributed by atoms with Crippen molar-refractivity contribution in [3.8, 4) is 5.69 Å². The number of carbonyl (C=O) groups excluding carboxylic acids is 1. The zero-order chi connectivity index (χ0) is 17.4. The Bertz CT molecular complexity index is 746. The van der Waals surface area contributed by atoms with Gasteiger partial charge in [-0.15, -0.1) is 12.4 Å². The highest BCUT2D eigenvalue weighted by Crippen LogP contribution is 2.42. The third-order valence-electron chi connectivity index (χ3n) is 5.57. The van der Waals surface area contributed by atoms with Gasteiger partial charge in [-0.2, -0.15) is 5.10 Å². The van der Waals surface area contributed by atoms with Crippen LogP contribution in [0.3, 0.4) is 0 Å². The van der Waals surface area contributed by atoms with Crippen molar-refractivity contribution in [2.24, 2.45) is 11.7 Å². The molecule has 140 valence electrons. The van der Waals surface area contributed by atoms with Gasteiger partial charge >= 0.3 is 0 Å². The fraction of sp³-hybridized carbons (Fsp3) is 0.500. The molecule has 5 nitrogen and oxygen atoms in total. The number of nitrogens with zero attached hydrogens (tertiary/aromatic N) is 3. The lowest BCUT2D eigenvalue weighted by molar-refractivity contribution is 0.0679. The van der Waals surface area contributed by atoms with Gasteiger partial charge in [-0.05, 0) is 50.7 Å². The lowest BCUT2D eigenvalue weighted by atomic mass is 9.90. The number of rotatable bonds is 4. The molecule has 1 aliphatic heterocycles. The van der Waals surface area contributed by atoms with Crippen LogP contribution in [0.25, 0.3) is 5.69 Å². The van der Waals surface area contributed by atoms with Crippen molar-refractivity contribution in [1.29, 1.82) is 0 Å². The number of hydrogen-bond acceptors (Lipinski definition) is 3. The molecule has 1 saturated carbocycles. The number of halogens is 1. The van der Waals surface area contributed by atoms with E-state index in [0.717, 1.165) is 55.7 Å². The zero-order valence-corrected chi connectivity index (χ0v) is 16.0. The van der Waals surface area contributed by atoms with Gasteiger partial charge < -0.3 is 10.6 Å². The summed E-state index contributed by atoms with van der Waals surface area (Å²) >= 11 is 0. The van der Waals surface area contributed by atoms with Crippen LogP contribution in [0.1, 0.15) is 54.6 Å². The largest absolute Gasteiger partial charge is 0.339 e. The van der Waals surface area contributed by atoms with Crippen LogP contribution in [-0.4, -0.2) is 39.7 Å². The van der Waals surface area contributed by atoms with E-state index in [2.05, 4.69) is 12.0 Å². The molecule has 0 spiro atoms. The molecule has 1 aromatic heterocycles. The molecule has 2 aromatic rings. The van der Waals surface area contributed by atoms with Gasteiger partial charge in [0.25, 0.3) is 5.91 Å². The highest BCUT2D eigenvalue weighted by molar-refractivity contribution is 5.95. The van der Waals surface area contributed by atoms with Crippen LogP contribution in [0.4, 0.5) is 0 Å². The van der Waals surface area contributed by atoms with Gasteiger partial charge in [0.2, 0.25) is 0 Å². The number of benzene rings is 1. The number of piperidine rings is 1. The quantitative estimate of drug-likeness (QED) is 0.892. The first kappa shape index (κ1) is 18.9. The predicted molar refractivity (Wildman–Crippen MR) is 105 cm³/mol. The Kier molecular flexibility index (Phi) is 5.68. The average molecular weight is 375 g/mol. The van der Waals surface area contributed by atoms with E-state index in [1.807, 2.05) is 39.9 Å². The highest BCUT2D eigenvalue weighted by Gasteiger charge is 2.35. The molecule has 2 N–H and O–H groups in total. The minimum atomic E-state index is 0. The topological polar surface area (TPSA) is 64.2 Å². The van der Waals surface area contributed by atoms with Crippen LogP contribution in [0.2, 0.25) is 0 Å². The molecule has 0 radical (unpaired) electrons. The molecule has 2 fully saturated rings. The first-order valence-corrected chi connectivity index (χ1v) is 9.33.